The van der Waals surface area contributed by atoms with Crippen LogP contribution in [0.4, 0.5) is 0 Å². The van der Waals surface area contributed by atoms with Crippen LogP contribution < -0.4 is 4.74 Å². The highest BCUT2D eigenvalue weighted by Gasteiger charge is 2.29. The number of hydrogen-bond acceptors (Lipinski definition) is 4. The molecule has 0 fully saturated rings. The van der Waals surface area contributed by atoms with E-state index in [1.807, 2.05) is 30.0 Å². The van der Waals surface area contributed by atoms with Crippen molar-refractivity contribution in [1.82, 2.24) is 0 Å². The molecule has 0 aromatic heterocycles. The SMILES string of the molecule is COc1cc(C(=O)C[N+]2=C(C)C(C)SC2)c(O)c2ccccc12. The van der Waals surface area contributed by atoms with E-state index in [0.29, 0.717) is 21.9 Å². The number of phenols is 1. The van der Waals surface area contributed by atoms with Gasteiger partial charge in [0.1, 0.15) is 11.5 Å². The summed E-state index contributed by atoms with van der Waals surface area (Å²) in [4.78, 5) is 12.7. The quantitative estimate of drug-likeness (QED) is 0.690. The molecule has 3 rings (SSSR count). The van der Waals surface area contributed by atoms with Crippen LogP contribution >= 0.6 is 11.8 Å². The first-order valence-corrected chi connectivity index (χ1v) is 8.59. The monoisotopic (exact) mass is 330 g/mol. The van der Waals surface area contributed by atoms with Crippen LogP contribution in [-0.4, -0.2) is 46.0 Å². The average molecular weight is 330 g/mol. The van der Waals surface area contributed by atoms with Crippen LogP contribution in [0.1, 0.15) is 24.2 Å². The number of benzene rings is 2. The molecular weight excluding hydrogens is 310 g/mol. The summed E-state index contributed by atoms with van der Waals surface area (Å²) >= 11 is 1.81. The zero-order valence-corrected chi connectivity index (χ0v) is 14.3. The minimum absolute atomic E-state index is 0.0314. The normalized spacial score (nSPS) is 17.8. The lowest BCUT2D eigenvalue weighted by atomic mass is 10.0. The highest BCUT2D eigenvalue weighted by Crippen LogP contribution is 2.36. The van der Waals surface area contributed by atoms with E-state index >= 15 is 0 Å². The maximum atomic E-state index is 12.7. The molecule has 0 bridgehead atoms. The van der Waals surface area contributed by atoms with Crippen molar-refractivity contribution in [2.24, 2.45) is 0 Å². The molecule has 1 unspecified atom stereocenters. The second-order valence-corrected chi connectivity index (χ2v) is 7.02. The van der Waals surface area contributed by atoms with Gasteiger partial charge in [-0.15, -0.1) is 0 Å². The highest BCUT2D eigenvalue weighted by atomic mass is 32.2. The number of phenolic OH excluding ortho intramolecular Hbond substituents is 1. The summed E-state index contributed by atoms with van der Waals surface area (Å²) in [6, 6.07) is 9.04. The minimum Gasteiger partial charge on any atom is -0.507 e. The van der Waals surface area contributed by atoms with Crippen LogP contribution in [0.25, 0.3) is 10.8 Å². The molecule has 1 heterocycles. The maximum absolute atomic E-state index is 12.7. The molecule has 120 valence electrons. The Morgan fingerprint density at radius 3 is 2.70 bits per heavy atom. The van der Waals surface area contributed by atoms with E-state index in [-0.39, 0.29) is 18.1 Å². The Labute approximate surface area is 139 Å². The number of fused-ring (bicyclic) bond motifs is 1. The number of Topliss-reactive ketones (excluding diaryl/α,β-unsaturated/α-hetero) is 1. The molecule has 2 aromatic rings. The number of methoxy groups -OCH3 is 1. The predicted molar refractivity (Wildman–Crippen MR) is 94.2 cm³/mol. The summed E-state index contributed by atoms with van der Waals surface area (Å²) in [6.07, 6.45) is 0. The van der Waals surface area contributed by atoms with Crippen molar-refractivity contribution < 1.29 is 19.2 Å². The first-order valence-electron chi connectivity index (χ1n) is 7.54. The lowest BCUT2D eigenvalue weighted by Crippen LogP contribution is -2.24. The number of ether oxygens (including phenoxy) is 1. The Morgan fingerprint density at radius 1 is 1.39 bits per heavy atom. The Bertz CT molecular complexity index is 813. The third kappa shape index (κ3) is 2.81. The Kier molecular flexibility index (Phi) is 4.31. The van der Waals surface area contributed by atoms with E-state index in [1.54, 1.807) is 19.2 Å². The van der Waals surface area contributed by atoms with Crippen LogP contribution in [0.15, 0.2) is 30.3 Å². The van der Waals surface area contributed by atoms with Crippen LogP contribution in [-0.2, 0) is 0 Å². The number of ketones is 1. The smallest absolute Gasteiger partial charge is 0.230 e. The summed E-state index contributed by atoms with van der Waals surface area (Å²) < 4.78 is 7.46. The average Bonchev–Trinajstić information content (AvgIpc) is 2.87. The molecule has 1 aliphatic heterocycles. The largest absolute Gasteiger partial charge is 0.507 e. The lowest BCUT2D eigenvalue weighted by molar-refractivity contribution is -0.491. The van der Waals surface area contributed by atoms with E-state index < -0.39 is 0 Å². The van der Waals surface area contributed by atoms with Crippen molar-refractivity contribution in [3.8, 4) is 11.5 Å². The minimum atomic E-state index is -0.0967. The van der Waals surface area contributed by atoms with Crippen molar-refractivity contribution in [3.63, 3.8) is 0 Å². The van der Waals surface area contributed by atoms with E-state index in [9.17, 15) is 9.90 Å². The first kappa shape index (κ1) is 15.9. The molecule has 0 saturated carbocycles. The van der Waals surface area contributed by atoms with Gasteiger partial charge in [0.25, 0.3) is 0 Å². The number of carbonyl (C=O) groups is 1. The molecule has 1 aliphatic rings. The maximum Gasteiger partial charge on any atom is 0.230 e. The van der Waals surface area contributed by atoms with Crippen LogP contribution in [0.3, 0.4) is 0 Å². The van der Waals surface area contributed by atoms with Crippen molar-refractivity contribution in [2.45, 2.75) is 19.1 Å². The topological polar surface area (TPSA) is 49.5 Å². The summed E-state index contributed by atoms with van der Waals surface area (Å²) in [5.41, 5.74) is 1.52. The number of nitrogens with zero attached hydrogens (tertiary/aromatic N) is 1. The van der Waals surface area contributed by atoms with Gasteiger partial charge in [-0.2, -0.15) is 0 Å². The van der Waals surface area contributed by atoms with Gasteiger partial charge in [0, 0.05) is 17.7 Å². The van der Waals surface area contributed by atoms with Crippen molar-refractivity contribution in [2.75, 3.05) is 19.5 Å². The van der Waals surface area contributed by atoms with E-state index in [2.05, 4.69) is 18.4 Å². The number of rotatable bonds is 4. The van der Waals surface area contributed by atoms with Crippen LogP contribution in [0, 0.1) is 0 Å². The van der Waals surface area contributed by atoms with Crippen LogP contribution in [0.2, 0.25) is 0 Å². The van der Waals surface area contributed by atoms with E-state index in [1.165, 1.54) is 5.71 Å². The van der Waals surface area contributed by atoms with Gasteiger partial charge >= 0.3 is 0 Å². The second-order valence-electron chi connectivity index (χ2n) is 5.72. The van der Waals surface area contributed by atoms with Gasteiger partial charge in [0.05, 0.1) is 17.9 Å². The van der Waals surface area contributed by atoms with Gasteiger partial charge in [0.15, 0.2) is 11.6 Å². The molecule has 1 N–H and O–H groups in total. The fourth-order valence-corrected chi connectivity index (χ4v) is 3.91. The Morgan fingerprint density at radius 2 is 2.09 bits per heavy atom. The van der Waals surface area contributed by atoms with E-state index in [4.69, 9.17) is 4.74 Å². The highest BCUT2D eigenvalue weighted by molar-refractivity contribution is 8.00. The molecule has 4 nitrogen and oxygen atoms in total. The summed E-state index contributed by atoms with van der Waals surface area (Å²) in [5.74, 6) is 1.35. The number of thioether (sulfide) groups is 1. The van der Waals surface area contributed by atoms with E-state index in [0.717, 1.165) is 11.3 Å². The zero-order chi connectivity index (χ0) is 16.6. The molecule has 2 aromatic carbocycles. The summed E-state index contributed by atoms with van der Waals surface area (Å²) in [5, 5.41) is 12.4. The van der Waals surface area contributed by atoms with Crippen LogP contribution in [0.5, 0.6) is 11.5 Å². The molecule has 0 radical (unpaired) electrons. The molecule has 0 amide bonds. The predicted octanol–water partition coefficient (Wildman–Crippen LogP) is 3.30. The molecule has 1 atom stereocenters. The summed E-state index contributed by atoms with van der Waals surface area (Å²) in [6.45, 7) is 4.47. The lowest BCUT2D eigenvalue weighted by Gasteiger charge is -2.11. The van der Waals surface area contributed by atoms with Crippen molar-refractivity contribution in [3.05, 3.63) is 35.9 Å². The Balaban J connectivity index is 2.03. The van der Waals surface area contributed by atoms with Crippen molar-refractivity contribution >= 4 is 34.0 Å². The number of hydrogen-bond donors (Lipinski definition) is 1. The van der Waals surface area contributed by atoms with Gasteiger partial charge in [-0.3, -0.25) is 4.79 Å². The molecule has 0 saturated heterocycles. The van der Waals surface area contributed by atoms with Gasteiger partial charge in [-0.05, 0) is 13.0 Å². The van der Waals surface area contributed by atoms with Crippen molar-refractivity contribution in [1.29, 1.82) is 0 Å². The molecule has 23 heavy (non-hydrogen) atoms. The Hall–Kier alpha value is -2.01. The third-order valence-electron chi connectivity index (χ3n) is 4.40. The summed E-state index contributed by atoms with van der Waals surface area (Å²) in [7, 11) is 1.57. The molecular formula is C18H20NO3S+. The standard InChI is InChI=1S/C18H19NO3S/c1-11-12(2)23-10-19(11)9-16(20)15-8-17(22-3)13-6-4-5-7-14(13)18(15)21/h4-8,12H,9-10H2,1-3H3/p+1. The van der Waals surface area contributed by atoms with Gasteiger partial charge in [-0.1, -0.05) is 36.0 Å². The third-order valence-corrected chi connectivity index (χ3v) is 5.70. The fraction of sp³-hybridized carbons (Fsp3) is 0.333. The van der Waals surface area contributed by atoms with Gasteiger partial charge in [0.2, 0.25) is 12.3 Å². The zero-order valence-electron chi connectivity index (χ0n) is 13.5. The molecule has 0 spiro atoms. The first-order chi connectivity index (χ1) is 11.0. The second kappa shape index (κ2) is 6.24. The fourth-order valence-electron chi connectivity index (χ4n) is 2.82. The number of carbonyl (C=O) groups excluding carboxylic acids is 1. The molecule has 0 aliphatic carbocycles. The number of aromatic hydroxyl groups is 1. The van der Waals surface area contributed by atoms with Gasteiger partial charge < -0.3 is 9.84 Å². The van der Waals surface area contributed by atoms with Gasteiger partial charge in [-0.25, -0.2) is 4.58 Å². The molecule has 5 heteroatoms.